The van der Waals surface area contributed by atoms with Crippen molar-refractivity contribution in [1.29, 1.82) is 0 Å². The molecule has 1 fully saturated rings. The van der Waals surface area contributed by atoms with E-state index in [0.29, 0.717) is 6.54 Å². The van der Waals surface area contributed by atoms with Crippen LogP contribution < -0.4 is 9.47 Å². The van der Waals surface area contributed by atoms with Crippen molar-refractivity contribution in [2.45, 2.75) is 51.0 Å². The van der Waals surface area contributed by atoms with Crippen molar-refractivity contribution < 1.29 is 19.1 Å². The van der Waals surface area contributed by atoms with Crippen molar-refractivity contribution in [3.05, 3.63) is 58.7 Å². The molecule has 0 spiro atoms. The summed E-state index contributed by atoms with van der Waals surface area (Å²) in [6.45, 7) is 0.714. The van der Waals surface area contributed by atoms with Gasteiger partial charge in [0.2, 0.25) is 5.91 Å². The van der Waals surface area contributed by atoms with E-state index in [1.165, 1.54) is 11.1 Å². The number of amides is 1. The quantitative estimate of drug-likeness (QED) is 0.633. The predicted octanol–water partition coefficient (Wildman–Crippen LogP) is 4.52. The maximum atomic E-state index is 13.0. The van der Waals surface area contributed by atoms with Crippen LogP contribution in [0.2, 0.25) is 0 Å². The van der Waals surface area contributed by atoms with Gasteiger partial charge in [0.15, 0.2) is 5.78 Å². The van der Waals surface area contributed by atoms with Crippen molar-refractivity contribution in [3.63, 3.8) is 0 Å². The molecule has 2 aliphatic rings. The third kappa shape index (κ3) is 4.07. The summed E-state index contributed by atoms with van der Waals surface area (Å²) in [4.78, 5) is 27.6. The molecular formula is C25H29NO4. The largest absolute Gasteiger partial charge is 0.497 e. The van der Waals surface area contributed by atoms with Gasteiger partial charge in [0.05, 0.1) is 20.3 Å². The van der Waals surface area contributed by atoms with E-state index in [2.05, 4.69) is 6.07 Å². The Morgan fingerprint density at radius 1 is 0.967 bits per heavy atom. The van der Waals surface area contributed by atoms with Gasteiger partial charge in [-0.2, -0.15) is 0 Å². The summed E-state index contributed by atoms with van der Waals surface area (Å²) in [5.41, 5.74) is 4.38. The molecule has 5 heteroatoms. The average molecular weight is 408 g/mol. The Morgan fingerprint density at radius 2 is 1.80 bits per heavy atom. The van der Waals surface area contributed by atoms with Crippen LogP contribution in [0.1, 0.15) is 65.2 Å². The van der Waals surface area contributed by atoms with Gasteiger partial charge in [0.25, 0.3) is 0 Å². The summed E-state index contributed by atoms with van der Waals surface area (Å²) in [6, 6.07) is 11.7. The van der Waals surface area contributed by atoms with Gasteiger partial charge >= 0.3 is 0 Å². The zero-order chi connectivity index (χ0) is 21.1. The third-order valence-corrected chi connectivity index (χ3v) is 6.36. The van der Waals surface area contributed by atoms with Crippen LogP contribution in [0.5, 0.6) is 11.5 Å². The Kier molecular flexibility index (Phi) is 6.07. The van der Waals surface area contributed by atoms with Crippen LogP contribution in [-0.4, -0.2) is 37.4 Å². The number of Topliss-reactive ketones (excluding diaryl/α,β-unsaturated/α-hetero) is 1. The van der Waals surface area contributed by atoms with Gasteiger partial charge in [-0.05, 0) is 61.4 Å². The van der Waals surface area contributed by atoms with E-state index in [1.807, 2.05) is 35.2 Å². The number of methoxy groups -OCH3 is 2. The topological polar surface area (TPSA) is 55.8 Å². The van der Waals surface area contributed by atoms with Crippen molar-refractivity contribution in [3.8, 4) is 11.5 Å². The number of rotatable bonds is 7. The zero-order valence-electron chi connectivity index (χ0n) is 17.8. The normalized spacial score (nSPS) is 17.7. The number of aryl methyl sites for hydroxylation is 2. The monoisotopic (exact) mass is 407 g/mol. The highest BCUT2D eigenvalue weighted by Gasteiger charge is 2.32. The van der Waals surface area contributed by atoms with Gasteiger partial charge in [-0.1, -0.05) is 12.1 Å². The highest BCUT2D eigenvalue weighted by molar-refractivity contribution is 5.98. The fourth-order valence-electron chi connectivity index (χ4n) is 4.74. The van der Waals surface area contributed by atoms with E-state index in [4.69, 9.17) is 9.47 Å². The number of hydrogen-bond donors (Lipinski definition) is 0. The summed E-state index contributed by atoms with van der Waals surface area (Å²) in [5.74, 6) is 1.54. The van der Waals surface area contributed by atoms with Crippen molar-refractivity contribution in [2.24, 2.45) is 0 Å². The molecule has 30 heavy (non-hydrogen) atoms. The van der Waals surface area contributed by atoms with Gasteiger partial charge in [-0.25, -0.2) is 0 Å². The molecular weight excluding hydrogens is 378 g/mol. The van der Waals surface area contributed by atoms with Crippen LogP contribution in [0.15, 0.2) is 36.4 Å². The molecule has 0 bridgehead atoms. The smallest absolute Gasteiger partial charge is 0.223 e. The lowest BCUT2D eigenvalue weighted by atomic mass is 10.0. The SMILES string of the molecule is COc1ccc([C@H]2CCCN2C(=O)CCC(=O)c2ccc3c(c2)CCC3)c(OC)c1. The molecule has 1 aliphatic heterocycles. The molecule has 0 aromatic heterocycles. The first-order valence-electron chi connectivity index (χ1n) is 10.8. The van der Waals surface area contributed by atoms with Crippen molar-refractivity contribution >= 4 is 11.7 Å². The first kappa shape index (κ1) is 20.5. The van der Waals surface area contributed by atoms with Crippen LogP contribution in [0, 0.1) is 0 Å². The summed E-state index contributed by atoms with van der Waals surface area (Å²) in [6.07, 6.45) is 5.65. The van der Waals surface area contributed by atoms with Crippen molar-refractivity contribution in [2.75, 3.05) is 20.8 Å². The van der Waals surface area contributed by atoms with Crippen LogP contribution in [0.3, 0.4) is 0 Å². The Labute approximate surface area is 178 Å². The minimum absolute atomic E-state index is 0.0200. The molecule has 0 saturated carbocycles. The van der Waals surface area contributed by atoms with Gasteiger partial charge in [-0.15, -0.1) is 0 Å². The molecule has 1 aliphatic carbocycles. The molecule has 1 heterocycles. The summed E-state index contributed by atoms with van der Waals surface area (Å²) in [5, 5.41) is 0. The molecule has 2 aromatic carbocycles. The predicted molar refractivity (Wildman–Crippen MR) is 115 cm³/mol. The number of ether oxygens (including phenoxy) is 2. The highest BCUT2D eigenvalue weighted by Crippen LogP contribution is 2.39. The lowest BCUT2D eigenvalue weighted by Crippen LogP contribution is -2.31. The number of benzene rings is 2. The molecule has 0 radical (unpaired) electrons. The second-order valence-electron chi connectivity index (χ2n) is 8.11. The maximum Gasteiger partial charge on any atom is 0.223 e. The third-order valence-electron chi connectivity index (χ3n) is 6.36. The van der Waals surface area contributed by atoms with Crippen LogP contribution in [0.25, 0.3) is 0 Å². The Bertz CT molecular complexity index is 952. The summed E-state index contributed by atoms with van der Waals surface area (Å²) < 4.78 is 10.8. The van der Waals surface area contributed by atoms with Gasteiger partial charge < -0.3 is 14.4 Å². The lowest BCUT2D eigenvalue weighted by molar-refractivity contribution is -0.132. The van der Waals surface area contributed by atoms with Crippen LogP contribution in [-0.2, 0) is 17.6 Å². The molecule has 2 aromatic rings. The maximum absolute atomic E-state index is 13.0. The van der Waals surface area contributed by atoms with Crippen LogP contribution in [0.4, 0.5) is 0 Å². The molecule has 1 atom stereocenters. The van der Waals surface area contributed by atoms with Crippen molar-refractivity contribution in [1.82, 2.24) is 4.90 Å². The number of ketones is 1. The highest BCUT2D eigenvalue weighted by atomic mass is 16.5. The van der Waals surface area contributed by atoms with E-state index in [1.54, 1.807) is 14.2 Å². The Hall–Kier alpha value is -2.82. The fourth-order valence-corrected chi connectivity index (χ4v) is 4.74. The summed E-state index contributed by atoms with van der Waals surface area (Å²) >= 11 is 0. The fraction of sp³-hybridized carbons (Fsp3) is 0.440. The second-order valence-corrected chi connectivity index (χ2v) is 8.11. The minimum atomic E-state index is -0.0200. The lowest BCUT2D eigenvalue weighted by Gasteiger charge is -2.26. The van der Waals surface area contributed by atoms with E-state index in [0.717, 1.165) is 54.7 Å². The summed E-state index contributed by atoms with van der Waals surface area (Å²) in [7, 11) is 3.26. The van der Waals surface area contributed by atoms with E-state index >= 15 is 0 Å². The number of hydrogen-bond acceptors (Lipinski definition) is 4. The van der Waals surface area contributed by atoms with Gasteiger partial charge in [-0.3, -0.25) is 9.59 Å². The average Bonchev–Trinajstić information content (AvgIpc) is 3.45. The standard InChI is InChI=1S/C25H29NO4/c1-29-20-10-11-21(24(16-20)30-2)22-7-4-14-26(22)25(28)13-12-23(27)19-9-8-17-5-3-6-18(17)15-19/h8-11,15-16,22H,3-7,12-14H2,1-2H3/t22-/m1/s1. The molecule has 0 N–H and O–H groups in total. The molecule has 1 amide bonds. The van der Waals surface area contributed by atoms with E-state index in [-0.39, 0.29) is 30.6 Å². The molecule has 4 rings (SSSR count). The van der Waals surface area contributed by atoms with E-state index in [9.17, 15) is 9.59 Å². The Morgan fingerprint density at radius 3 is 2.60 bits per heavy atom. The number of nitrogens with zero attached hydrogens (tertiary/aromatic N) is 1. The number of fused-ring (bicyclic) bond motifs is 1. The first-order chi connectivity index (χ1) is 14.6. The number of likely N-dealkylation sites (tertiary alicyclic amines) is 1. The molecule has 1 saturated heterocycles. The zero-order valence-corrected chi connectivity index (χ0v) is 17.8. The molecule has 5 nitrogen and oxygen atoms in total. The second kappa shape index (κ2) is 8.90. The minimum Gasteiger partial charge on any atom is -0.497 e. The van der Waals surface area contributed by atoms with Gasteiger partial charge in [0, 0.05) is 36.6 Å². The van der Waals surface area contributed by atoms with E-state index < -0.39 is 0 Å². The number of carbonyl (C=O) groups excluding carboxylic acids is 2. The van der Waals surface area contributed by atoms with Crippen LogP contribution >= 0.6 is 0 Å². The Balaban J connectivity index is 1.42. The first-order valence-corrected chi connectivity index (χ1v) is 10.8. The molecule has 0 unspecified atom stereocenters. The number of carbonyl (C=O) groups is 2. The van der Waals surface area contributed by atoms with Gasteiger partial charge in [0.1, 0.15) is 11.5 Å². The molecule has 158 valence electrons.